The Hall–Kier alpha value is -1.82. The van der Waals surface area contributed by atoms with Crippen LogP contribution in [0, 0.1) is 0 Å². The zero-order valence-corrected chi connectivity index (χ0v) is 12.8. The highest BCUT2D eigenvalue weighted by Gasteiger charge is 2.16. The van der Waals surface area contributed by atoms with Gasteiger partial charge in [-0.05, 0) is 24.8 Å². The Morgan fingerprint density at radius 3 is 2.70 bits per heavy atom. The summed E-state index contributed by atoms with van der Waals surface area (Å²) in [5, 5.41) is 8.71. The van der Waals surface area contributed by atoms with Crippen LogP contribution in [0.1, 0.15) is 31.2 Å². The van der Waals surface area contributed by atoms with Gasteiger partial charge in [0.25, 0.3) is 0 Å². The first kappa shape index (κ1) is 14.6. The maximum atomic E-state index is 5.45. The normalized spacial score (nSPS) is 11.9. The lowest BCUT2D eigenvalue weighted by molar-refractivity contribution is 0.414. The summed E-state index contributed by atoms with van der Waals surface area (Å²) in [6, 6.07) is 4.42. The summed E-state index contributed by atoms with van der Waals surface area (Å²) in [4.78, 5) is 9.81. The smallest absolute Gasteiger partial charge is 0.204 e. The molecular formula is C14H20N4OS. The average molecular weight is 292 g/mol. The minimum atomic E-state index is 0.230. The van der Waals surface area contributed by atoms with E-state index in [1.54, 1.807) is 24.8 Å². The molecule has 0 fully saturated rings. The van der Waals surface area contributed by atoms with Crippen LogP contribution >= 0.6 is 11.3 Å². The van der Waals surface area contributed by atoms with Crippen molar-refractivity contribution in [3.05, 3.63) is 28.7 Å². The molecule has 0 radical (unpaired) electrons. The molecule has 2 rings (SSSR count). The number of nitrogens with one attached hydrogen (secondary N) is 2. The maximum absolute atomic E-state index is 5.45. The second-order valence-electron chi connectivity index (χ2n) is 4.26. The second kappa shape index (κ2) is 7.09. The molecule has 6 heteroatoms. The standard InChI is InChI=1S/C14H20N4OS/c1-4-10(11-7-6-8-20-11)18-14-12(19-3)13(15-5-2)16-9-17-14/h6-10H,4-5H2,1-3H3,(H2,15,16,17,18). The van der Waals surface area contributed by atoms with Crippen LogP contribution in [-0.2, 0) is 0 Å². The molecule has 2 heterocycles. The molecule has 0 aliphatic heterocycles. The van der Waals surface area contributed by atoms with Gasteiger partial charge < -0.3 is 15.4 Å². The van der Waals surface area contributed by atoms with E-state index in [4.69, 9.17) is 4.74 Å². The summed E-state index contributed by atoms with van der Waals surface area (Å²) in [7, 11) is 1.64. The Kier molecular flexibility index (Phi) is 5.17. The Bertz CT molecular complexity index is 530. The first-order valence-electron chi connectivity index (χ1n) is 6.72. The van der Waals surface area contributed by atoms with E-state index in [1.165, 1.54) is 4.88 Å². The van der Waals surface area contributed by atoms with Crippen molar-refractivity contribution < 1.29 is 4.74 Å². The van der Waals surface area contributed by atoms with E-state index < -0.39 is 0 Å². The molecular weight excluding hydrogens is 272 g/mol. The SMILES string of the molecule is CCNc1ncnc(NC(CC)c2cccs2)c1OC. The largest absolute Gasteiger partial charge is 0.490 e. The summed E-state index contributed by atoms with van der Waals surface area (Å²) in [6.07, 6.45) is 2.52. The van der Waals surface area contributed by atoms with Gasteiger partial charge >= 0.3 is 0 Å². The predicted molar refractivity (Wildman–Crippen MR) is 83.7 cm³/mol. The van der Waals surface area contributed by atoms with Crippen molar-refractivity contribution in [1.82, 2.24) is 9.97 Å². The fourth-order valence-corrected chi connectivity index (χ4v) is 2.85. The highest BCUT2D eigenvalue weighted by atomic mass is 32.1. The Morgan fingerprint density at radius 2 is 2.10 bits per heavy atom. The fourth-order valence-electron chi connectivity index (χ4n) is 1.99. The van der Waals surface area contributed by atoms with Crippen molar-refractivity contribution in [2.45, 2.75) is 26.3 Å². The number of hydrogen-bond donors (Lipinski definition) is 2. The molecule has 2 aromatic rings. The van der Waals surface area contributed by atoms with Crippen LogP contribution in [0.25, 0.3) is 0 Å². The van der Waals surface area contributed by atoms with Crippen LogP contribution in [0.4, 0.5) is 11.6 Å². The van der Waals surface area contributed by atoms with Crippen LogP contribution in [0.2, 0.25) is 0 Å². The topological polar surface area (TPSA) is 59.1 Å². The minimum absolute atomic E-state index is 0.230. The first-order valence-corrected chi connectivity index (χ1v) is 7.60. The number of methoxy groups -OCH3 is 1. The number of rotatable bonds is 7. The van der Waals surface area contributed by atoms with Gasteiger partial charge in [-0.25, -0.2) is 9.97 Å². The van der Waals surface area contributed by atoms with E-state index in [0.717, 1.165) is 18.8 Å². The number of thiophene rings is 1. The third-order valence-electron chi connectivity index (χ3n) is 2.96. The molecule has 1 unspecified atom stereocenters. The van der Waals surface area contributed by atoms with Crippen molar-refractivity contribution >= 4 is 23.0 Å². The molecule has 108 valence electrons. The molecule has 2 aromatic heterocycles. The Balaban J connectivity index is 2.25. The number of ether oxygens (including phenoxy) is 1. The number of nitrogens with zero attached hydrogens (tertiary/aromatic N) is 2. The van der Waals surface area contributed by atoms with Crippen LogP contribution < -0.4 is 15.4 Å². The van der Waals surface area contributed by atoms with Crippen molar-refractivity contribution in [1.29, 1.82) is 0 Å². The summed E-state index contributed by atoms with van der Waals surface area (Å²) in [5.41, 5.74) is 0. The molecule has 0 amide bonds. The second-order valence-corrected chi connectivity index (χ2v) is 5.23. The summed E-state index contributed by atoms with van der Waals surface area (Å²) in [5.74, 6) is 2.09. The van der Waals surface area contributed by atoms with Crippen molar-refractivity contribution in [3.8, 4) is 5.75 Å². The molecule has 0 saturated carbocycles. The zero-order chi connectivity index (χ0) is 14.4. The molecule has 20 heavy (non-hydrogen) atoms. The molecule has 1 atom stereocenters. The fraction of sp³-hybridized carbons (Fsp3) is 0.429. The summed E-state index contributed by atoms with van der Waals surface area (Å²) < 4.78 is 5.45. The van der Waals surface area contributed by atoms with Gasteiger partial charge in [-0.2, -0.15) is 0 Å². The van der Waals surface area contributed by atoms with Gasteiger partial charge in [0.05, 0.1) is 13.2 Å². The van der Waals surface area contributed by atoms with Crippen LogP contribution in [0.3, 0.4) is 0 Å². The van der Waals surface area contributed by atoms with E-state index in [-0.39, 0.29) is 6.04 Å². The van der Waals surface area contributed by atoms with Crippen molar-refractivity contribution in [3.63, 3.8) is 0 Å². The van der Waals surface area contributed by atoms with Crippen LogP contribution in [0.5, 0.6) is 5.75 Å². The molecule has 0 spiro atoms. The van der Waals surface area contributed by atoms with Crippen molar-refractivity contribution in [2.75, 3.05) is 24.3 Å². The van der Waals surface area contributed by atoms with Crippen LogP contribution in [0.15, 0.2) is 23.8 Å². The van der Waals surface area contributed by atoms with E-state index in [0.29, 0.717) is 11.6 Å². The highest BCUT2D eigenvalue weighted by Crippen LogP contribution is 2.33. The maximum Gasteiger partial charge on any atom is 0.204 e. The zero-order valence-electron chi connectivity index (χ0n) is 12.0. The van der Waals surface area contributed by atoms with Gasteiger partial charge in [0.1, 0.15) is 6.33 Å². The van der Waals surface area contributed by atoms with E-state index >= 15 is 0 Å². The quantitative estimate of drug-likeness (QED) is 0.817. The molecule has 0 aliphatic carbocycles. The lowest BCUT2D eigenvalue weighted by atomic mass is 10.2. The molecule has 0 saturated heterocycles. The van der Waals surface area contributed by atoms with E-state index in [2.05, 4.69) is 45.0 Å². The lowest BCUT2D eigenvalue weighted by Crippen LogP contribution is -2.12. The Labute approximate surface area is 123 Å². The third kappa shape index (κ3) is 3.19. The van der Waals surface area contributed by atoms with Gasteiger partial charge in [-0.15, -0.1) is 11.3 Å². The predicted octanol–water partition coefficient (Wildman–Crippen LogP) is 3.54. The van der Waals surface area contributed by atoms with Crippen molar-refractivity contribution in [2.24, 2.45) is 0 Å². The van der Waals surface area contributed by atoms with Gasteiger partial charge in [0.2, 0.25) is 5.75 Å². The van der Waals surface area contributed by atoms with Gasteiger partial charge in [0, 0.05) is 11.4 Å². The van der Waals surface area contributed by atoms with Gasteiger partial charge in [-0.1, -0.05) is 13.0 Å². The number of hydrogen-bond acceptors (Lipinski definition) is 6. The summed E-state index contributed by atoms with van der Waals surface area (Å²) in [6.45, 7) is 4.96. The van der Waals surface area contributed by atoms with E-state index in [1.807, 2.05) is 6.92 Å². The summed E-state index contributed by atoms with van der Waals surface area (Å²) >= 11 is 1.74. The van der Waals surface area contributed by atoms with Crippen LogP contribution in [-0.4, -0.2) is 23.6 Å². The van der Waals surface area contributed by atoms with Gasteiger partial charge in [0.15, 0.2) is 11.6 Å². The third-order valence-corrected chi connectivity index (χ3v) is 3.94. The lowest BCUT2D eigenvalue weighted by Gasteiger charge is -2.19. The molecule has 0 aromatic carbocycles. The number of aromatic nitrogens is 2. The van der Waals surface area contributed by atoms with E-state index in [9.17, 15) is 0 Å². The molecule has 2 N–H and O–H groups in total. The van der Waals surface area contributed by atoms with Gasteiger partial charge in [-0.3, -0.25) is 0 Å². The Morgan fingerprint density at radius 1 is 1.30 bits per heavy atom. The first-order chi connectivity index (χ1) is 9.80. The molecule has 0 bridgehead atoms. The monoisotopic (exact) mass is 292 g/mol. The minimum Gasteiger partial charge on any atom is -0.490 e. The highest BCUT2D eigenvalue weighted by molar-refractivity contribution is 7.10. The molecule has 5 nitrogen and oxygen atoms in total. The molecule has 0 aliphatic rings. The average Bonchev–Trinajstić information content (AvgIpc) is 2.99. The number of anilines is 2.